The fraction of sp³-hybridized carbons (Fsp3) is 0.125. The Morgan fingerprint density at radius 3 is 2.36 bits per heavy atom. The van der Waals surface area contributed by atoms with Gasteiger partial charge < -0.3 is 15.2 Å². The molecule has 0 atom stereocenters. The van der Waals surface area contributed by atoms with Gasteiger partial charge in [-0.05, 0) is 42.8 Å². The third kappa shape index (κ3) is 5.03. The summed E-state index contributed by atoms with van der Waals surface area (Å²) in [4.78, 5) is 25.0. The summed E-state index contributed by atoms with van der Waals surface area (Å²) in [6.45, 7) is 0.271. The van der Waals surface area contributed by atoms with Crippen molar-refractivity contribution in [2.75, 3.05) is 11.9 Å². The summed E-state index contributed by atoms with van der Waals surface area (Å²) in [5.41, 5.74) is 2.69. The molecule has 0 bridgehead atoms. The second kappa shape index (κ2) is 8.78. The van der Waals surface area contributed by atoms with Gasteiger partial charge in [0.2, 0.25) is 0 Å². The number of nitrogens with zero attached hydrogens (tertiary/aromatic N) is 1. The Morgan fingerprint density at radius 2 is 1.64 bits per heavy atom. The van der Waals surface area contributed by atoms with E-state index in [4.69, 9.17) is 4.52 Å². The quantitative estimate of drug-likeness (QED) is 0.427. The summed E-state index contributed by atoms with van der Waals surface area (Å²) < 4.78 is 42.6. The van der Waals surface area contributed by atoms with Crippen LogP contribution in [0.15, 0.2) is 71.3 Å². The maximum absolute atomic E-state index is 12.9. The van der Waals surface area contributed by atoms with E-state index in [1.807, 2.05) is 35.6 Å². The molecule has 1 heterocycles. The maximum atomic E-state index is 12.9. The first-order valence-corrected chi connectivity index (χ1v) is 9.93. The third-order valence-electron chi connectivity index (χ3n) is 4.97. The Kier molecular flexibility index (Phi) is 5.87. The molecule has 0 spiro atoms. The molecule has 2 N–H and O–H groups in total. The van der Waals surface area contributed by atoms with Crippen molar-refractivity contribution < 1.29 is 27.3 Å². The van der Waals surface area contributed by atoms with Gasteiger partial charge in [0.1, 0.15) is 12.1 Å². The number of halogens is 3. The van der Waals surface area contributed by atoms with Crippen molar-refractivity contribution >= 4 is 28.4 Å². The van der Waals surface area contributed by atoms with E-state index in [1.165, 1.54) is 12.1 Å². The zero-order valence-electron chi connectivity index (χ0n) is 17.4. The molecule has 9 heteroatoms. The molecule has 0 saturated carbocycles. The molecule has 168 valence electrons. The molecule has 0 radical (unpaired) electrons. The molecule has 6 nitrogen and oxygen atoms in total. The van der Waals surface area contributed by atoms with Crippen molar-refractivity contribution in [3.05, 3.63) is 83.4 Å². The molecule has 0 aliphatic rings. The SMILES string of the molecule is Cc1ccc(C(=O)NCC(F)(F)F)cc1NC(=O)c1ccc2noc(-c3ccccc3)c2c1. The van der Waals surface area contributed by atoms with E-state index in [0.717, 1.165) is 5.56 Å². The number of carbonyl (C=O) groups excluding carboxylic acids is 2. The number of aryl methyl sites for hydroxylation is 1. The number of nitrogens with one attached hydrogen (secondary N) is 2. The molecular formula is C24H18F3N3O3. The molecule has 4 aromatic rings. The van der Waals surface area contributed by atoms with Gasteiger partial charge in [-0.2, -0.15) is 13.2 Å². The van der Waals surface area contributed by atoms with E-state index in [9.17, 15) is 22.8 Å². The average molecular weight is 453 g/mol. The summed E-state index contributed by atoms with van der Waals surface area (Å²) in [6, 6.07) is 18.5. The lowest BCUT2D eigenvalue weighted by molar-refractivity contribution is -0.123. The van der Waals surface area contributed by atoms with Crippen LogP contribution in [-0.4, -0.2) is 29.7 Å². The molecular weight excluding hydrogens is 435 g/mol. The number of rotatable bonds is 5. The molecule has 0 aliphatic heterocycles. The van der Waals surface area contributed by atoms with Crippen LogP contribution in [0, 0.1) is 6.92 Å². The Labute approximate surface area is 186 Å². The zero-order chi connectivity index (χ0) is 23.6. The monoisotopic (exact) mass is 453 g/mol. The predicted molar refractivity (Wildman–Crippen MR) is 117 cm³/mol. The van der Waals surface area contributed by atoms with Crippen LogP contribution in [0.25, 0.3) is 22.2 Å². The molecule has 0 saturated heterocycles. The highest BCUT2D eigenvalue weighted by atomic mass is 19.4. The van der Waals surface area contributed by atoms with Gasteiger partial charge in [0.15, 0.2) is 5.76 Å². The van der Waals surface area contributed by atoms with E-state index in [2.05, 4.69) is 10.5 Å². The van der Waals surface area contributed by atoms with E-state index in [-0.39, 0.29) is 5.56 Å². The lowest BCUT2D eigenvalue weighted by atomic mass is 10.1. The minimum Gasteiger partial charge on any atom is -0.355 e. The predicted octanol–water partition coefficient (Wildman–Crippen LogP) is 5.35. The fourth-order valence-electron chi connectivity index (χ4n) is 3.26. The van der Waals surface area contributed by atoms with Crippen LogP contribution in [0.5, 0.6) is 0 Å². The number of aromatic nitrogens is 1. The van der Waals surface area contributed by atoms with Crippen LogP contribution in [-0.2, 0) is 0 Å². The highest BCUT2D eigenvalue weighted by Gasteiger charge is 2.28. The van der Waals surface area contributed by atoms with Gasteiger partial charge in [-0.3, -0.25) is 9.59 Å². The number of carbonyl (C=O) groups is 2. The molecule has 0 unspecified atom stereocenters. The van der Waals surface area contributed by atoms with Crippen molar-refractivity contribution in [2.45, 2.75) is 13.1 Å². The Hall–Kier alpha value is -4.14. The van der Waals surface area contributed by atoms with Crippen molar-refractivity contribution in [1.29, 1.82) is 0 Å². The summed E-state index contributed by atoms with van der Waals surface area (Å²) in [5, 5.41) is 9.22. The van der Waals surface area contributed by atoms with Gasteiger partial charge in [0.25, 0.3) is 11.8 Å². The molecule has 1 aromatic heterocycles. The molecule has 4 rings (SSSR count). The van der Waals surface area contributed by atoms with Crippen LogP contribution in [0.4, 0.5) is 18.9 Å². The molecule has 0 aliphatic carbocycles. The van der Waals surface area contributed by atoms with Gasteiger partial charge in [0, 0.05) is 22.4 Å². The number of alkyl halides is 3. The van der Waals surface area contributed by atoms with E-state index in [1.54, 1.807) is 31.2 Å². The Morgan fingerprint density at radius 1 is 0.939 bits per heavy atom. The smallest absolute Gasteiger partial charge is 0.355 e. The van der Waals surface area contributed by atoms with Gasteiger partial charge in [-0.15, -0.1) is 0 Å². The average Bonchev–Trinajstić information content (AvgIpc) is 3.22. The van der Waals surface area contributed by atoms with Gasteiger partial charge in [-0.25, -0.2) is 0 Å². The van der Waals surface area contributed by atoms with Gasteiger partial charge >= 0.3 is 6.18 Å². The maximum Gasteiger partial charge on any atom is 0.405 e. The Bertz CT molecular complexity index is 1330. The largest absolute Gasteiger partial charge is 0.405 e. The first kappa shape index (κ1) is 22.1. The summed E-state index contributed by atoms with van der Waals surface area (Å²) in [6.07, 6.45) is -4.52. The van der Waals surface area contributed by atoms with E-state index >= 15 is 0 Å². The van der Waals surface area contributed by atoms with E-state index in [0.29, 0.717) is 33.5 Å². The number of anilines is 1. The minimum atomic E-state index is -4.52. The summed E-state index contributed by atoms with van der Waals surface area (Å²) in [7, 11) is 0. The molecule has 2 amide bonds. The number of hydrogen-bond acceptors (Lipinski definition) is 4. The molecule has 0 fully saturated rings. The first-order valence-electron chi connectivity index (χ1n) is 9.93. The second-order valence-corrected chi connectivity index (χ2v) is 7.39. The van der Waals surface area contributed by atoms with Crippen LogP contribution < -0.4 is 10.6 Å². The first-order chi connectivity index (χ1) is 15.7. The van der Waals surface area contributed by atoms with Crippen molar-refractivity contribution in [1.82, 2.24) is 10.5 Å². The topological polar surface area (TPSA) is 84.2 Å². The highest BCUT2D eigenvalue weighted by molar-refractivity contribution is 6.08. The third-order valence-corrected chi connectivity index (χ3v) is 4.97. The van der Waals surface area contributed by atoms with Crippen molar-refractivity contribution in [3.8, 4) is 11.3 Å². The van der Waals surface area contributed by atoms with Crippen molar-refractivity contribution in [3.63, 3.8) is 0 Å². The van der Waals surface area contributed by atoms with Crippen LogP contribution in [0.1, 0.15) is 26.3 Å². The van der Waals surface area contributed by atoms with Crippen LogP contribution in [0.3, 0.4) is 0 Å². The van der Waals surface area contributed by atoms with Crippen LogP contribution in [0.2, 0.25) is 0 Å². The Balaban J connectivity index is 1.57. The zero-order valence-corrected chi connectivity index (χ0v) is 17.4. The standard InChI is InChI=1S/C24H18F3N3O3/c1-14-7-8-17(22(31)28-13-24(25,26)27)12-20(14)29-23(32)16-9-10-19-18(11-16)21(33-30-19)15-5-3-2-4-6-15/h2-12H,13H2,1H3,(H,28,31)(H,29,32). The van der Waals surface area contributed by atoms with E-state index < -0.39 is 24.5 Å². The fourth-order valence-corrected chi connectivity index (χ4v) is 3.26. The second-order valence-electron chi connectivity index (χ2n) is 7.39. The highest BCUT2D eigenvalue weighted by Crippen LogP contribution is 2.29. The molecule has 3 aromatic carbocycles. The van der Waals surface area contributed by atoms with Gasteiger partial charge in [0.05, 0.1) is 5.39 Å². The number of hydrogen-bond donors (Lipinski definition) is 2. The van der Waals surface area contributed by atoms with Crippen LogP contribution >= 0.6 is 0 Å². The molecule has 33 heavy (non-hydrogen) atoms. The lowest BCUT2D eigenvalue weighted by Gasteiger charge is -2.12. The minimum absolute atomic E-state index is 0.000926. The lowest BCUT2D eigenvalue weighted by Crippen LogP contribution is -2.33. The number of benzene rings is 3. The normalized spacial score (nSPS) is 11.4. The summed E-state index contributed by atoms with van der Waals surface area (Å²) >= 11 is 0. The summed E-state index contributed by atoms with van der Waals surface area (Å²) in [5.74, 6) is -0.811. The number of fused-ring (bicyclic) bond motifs is 1. The number of amides is 2. The van der Waals surface area contributed by atoms with Crippen molar-refractivity contribution in [2.24, 2.45) is 0 Å². The van der Waals surface area contributed by atoms with Gasteiger partial charge in [-0.1, -0.05) is 41.6 Å².